The van der Waals surface area contributed by atoms with Crippen LogP contribution in [0.15, 0.2) is 60.8 Å². The lowest BCUT2D eigenvalue weighted by Crippen LogP contribution is -2.28. The molecule has 0 aliphatic heterocycles. The number of aliphatic hydroxyl groups is 1. The molecule has 0 amide bonds. The summed E-state index contributed by atoms with van der Waals surface area (Å²) in [5.74, 6) is -0.578. The zero-order valence-corrected chi connectivity index (χ0v) is 45.4. The van der Waals surface area contributed by atoms with Crippen LogP contribution in [0.3, 0.4) is 0 Å². The summed E-state index contributed by atoms with van der Waals surface area (Å²) in [7, 11) is 0. The summed E-state index contributed by atoms with van der Waals surface area (Å²) < 4.78 is 10.7. The van der Waals surface area contributed by atoms with Gasteiger partial charge in [-0.25, -0.2) is 0 Å². The summed E-state index contributed by atoms with van der Waals surface area (Å²) in [6, 6.07) is 0. The quantitative estimate of drug-likeness (QED) is 0.0374. The molecular weight excluding hydrogens is 837 g/mol. The number of allylic oxidation sites excluding steroid dienone is 10. The summed E-state index contributed by atoms with van der Waals surface area (Å²) in [5.41, 5.74) is 0. The maximum Gasteiger partial charge on any atom is 0.306 e. The zero-order chi connectivity index (χ0) is 49.2. The number of ether oxygens (including phenoxy) is 2. The molecule has 5 heteroatoms. The molecule has 0 aromatic heterocycles. The van der Waals surface area contributed by atoms with Crippen molar-refractivity contribution < 1.29 is 24.2 Å². The Morgan fingerprint density at radius 3 is 0.971 bits per heavy atom. The number of unbranched alkanes of at least 4 members (excludes halogenated alkanes) is 37. The fraction of sp³-hybridized carbons (Fsp3) is 0.810. The lowest BCUT2D eigenvalue weighted by atomic mass is 10.0. The van der Waals surface area contributed by atoms with Gasteiger partial charge in [-0.1, -0.05) is 280 Å². The molecule has 1 unspecified atom stereocenters. The molecule has 0 aliphatic rings. The highest BCUT2D eigenvalue weighted by atomic mass is 16.6. The van der Waals surface area contributed by atoms with Crippen molar-refractivity contribution in [3.63, 3.8) is 0 Å². The third-order valence-electron chi connectivity index (χ3n) is 13.3. The third kappa shape index (κ3) is 56.2. The van der Waals surface area contributed by atoms with Gasteiger partial charge in [-0.05, 0) is 77.0 Å². The maximum atomic E-state index is 12.3. The average molecular weight is 952 g/mol. The van der Waals surface area contributed by atoms with Crippen molar-refractivity contribution in [2.75, 3.05) is 13.2 Å². The summed E-state index contributed by atoms with van der Waals surface area (Å²) in [6.45, 7) is 4.07. The monoisotopic (exact) mass is 951 g/mol. The highest BCUT2D eigenvalue weighted by molar-refractivity contribution is 5.70. The van der Waals surface area contributed by atoms with Gasteiger partial charge in [0.15, 0.2) is 6.10 Å². The summed E-state index contributed by atoms with van der Waals surface area (Å²) in [6.07, 6.45) is 79.2. The van der Waals surface area contributed by atoms with Crippen molar-refractivity contribution in [3.05, 3.63) is 60.8 Å². The predicted octanol–water partition coefficient (Wildman–Crippen LogP) is 20.2. The topological polar surface area (TPSA) is 72.8 Å². The Bertz CT molecular complexity index is 1170. The molecule has 0 saturated carbocycles. The van der Waals surface area contributed by atoms with Crippen LogP contribution < -0.4 is 0 Å². The van der Waals surface area contributed by atoms with E-state index in [4.69, 9.17) is 9.47 Å². The van der Waals surface area contributed by atoms with Crippen LogP contribution in [0.1, 0.15) is 309 Å². The first-order valence-corrected chi connectivity index (χ1v) is 29.8. The van der Waals surface area contributed by atoms with Gasteiger partial charge in [-0.15, -0.1) is 0 Å². The Morgan fingerprint density at radius 2 is 0.632 bits per heavy atom. The van der Waals surface area contributed by atoms with Crippen molar-refractivity contribution in [3.8, 4) is 0 Å². The summed E-state index contributed by atoms with van der Waals surface area (Å²) in [5, 5.41) is 9.67. The third-order valence-corrected chi connectivity index (χ3v) is 13.3. The predicted molar refractivity (Wildman–Crippen MR) is 297 cm³/mol. The van der Waals surface area contributed by atoms with Gasteiger partial charge in [0.05, 0.1) is 6.61 Å². The number of hydrogen-bond donors (Lipinski definition) is 1. The fourth-order valence-corrected chi connectivity index (χ4v) is 8.84. The highest BCUT2D eigenvalue weighted by Crippen LogP contribution is 2.17. The van der Waals surface area contributed by atoms with Crippen LogP contribution in [0.25, 0.3) is 0 Å². The van der Waals surface area contributed by atoms with Crippen LogP contribution in [0.5, 0.6) is 0 Å². The number of hydrogen-bond acceptors (Lipinski definition) is 5. The largest absolute Gasteiger partial charge is 0.462 e. The van der Waals surface area contributed by atoms with E-state index in [1.54, 1.807) is 0 Å². The van der Waals surface area contributed by atoms with E-state index < -0.39 is 6.10 Å². The first kappa shape index (κ1) is 65.6. The lowest BCUT2D eigenvalue weighted by molar-refractivity contribution is -0.161. The molecule has 0 aromatic rings. The van der Waals surface area contributed by atoms with Crippen molar-refractivity contribution >= 4 is 11.9 Å². The lowest BCUT2D eigenvalue weighted by Gasteiger charge is -2.15. The Balaban J connectivity index is 3.45. The van der Waals surface area contributed by atoms with Crippen LogP contribution in [-0.2, 0) is 19.1 Å². The van der Waals surface area contributed by atoms with Crippen LogP contribution in [0.2, 0.25) is 0 Å². The molecule has 0 saturated heterocycles. The van der Waals surface area contributed by atoms with Gasteiger partial charge in [0.2, 0.25) is 0 Å². The van der Waals surface area contributed by atoms with Crippen LogP contribution in [0.4, 0.5) is 0 Å². The smallest absolute Gasteiger partial charge is 0.306 e. The molecule has 68 heavy (non-hydrogen) atoms. The molecule has 0 fully saturated rings. The second kappa shape index (κ2) is 58.9. The Morgan fingerprint density at radius 1 is 0.353 bits per heavy atom. The summed E-state index contributed by atoms with van der Waals surface area (Å²) >= 11 is 0. The Labute approximate surface area is 423 Å². The second-order valence-corrected chi connectivity index (χ2v) is 20.0. The van der Waals surface area contributed by atoms with Crippen molar-refractivity contribution in [1.29, 1.82) is 0 Å². The molecule has 0 aliphatic carbocycles. The van der Waals surface area contributed by atoms with E-state index in [1.807, 2.05) is 0 Å². The molecule has 0 heterocycles. The van der Waals surface area contributed by atoms with E-state index in [0.717, 1.165) is 64.2 Å². The van der Waals surface area contributed by atoms with Gasteiger partial charge in [-0.3, -0.25) is 9.59 Å². The minimum atomic E-state index is -0.773. The van der Waals surface area contributed by atoms with E-state index >= 15 is 0 Å². The van der Waals surface area contributed by atoms with Gasteiger partial charge in [0, 0.05) is 12.8 Å². The van der Waals surface area contributed by atoms with E-state index in [-0.39, 0.29) is 25.2 Å². The average Bonchev–Trinajstić information content (AvgIpc) is 3.34. The van der Waals surface area contributed by atoms with Crippen LogP contribution in [0, 0.1) is 0 Å². The fourth-order valence-electron chi connectivity index (χ4n) is 8.84. The van der Waals surface area contributed by atoms with Crippen molar-refractivity contribution in [1.82, 2.24) is 0 Å². The summed E-state index contributed by atoms with van der Waals surface area (Å²) in [4.78, 5) is 24.6. The molecular formula is C63H114O5. The molecule has 0 spiro atoms. The molecule has 396 valence electrons. The van der Waals surface area contributed by atoms with E-state index in [2.05, 4.69) is 74.6 Å². The minimum absolute atomic E-state index is 0.0638. The molecule has 1 atom stereocenters. The second-order valence-electron chi connectivity index (χ2n) is 20.0. The SMILES string of the molecule is CC/C=C\C/C=C\C/C=C\C/C=C\CCCCCCCCCCCCCCCCC(=O)OC(CO)COC(=O)CCCCCCCCCCCCCCCCC/C=C\CCCCCCCCCC. The van der Waals surface area contributed by atoms with Crippen molar-refractivity contribution in [2.24, 2.45) is 0 Å². The standard InChI is InChI=1S/C63H114O5/c1-3-5-7-9-11-13-15-17-19-21-23-25-27-29-31-33-35-37-39-41-43-45-47-49-51-53-55-57-62(65)67-60-61(59-64)68-63(66)58-56-54-52-50-48-46-44-42-40-38-36-34-32-30-28-26-24-22-20-18-16-14-12-10-8-6-4-2/h6,8,12,14,18,20-21,23-24,26,61,64H,3-5,7,9-11,13,15-17,19,22,25,27-60H2,1-2H3/b8-6-,14-12-,20-18-,23-21-,26-24-. The van der Waals surface area contributed by atoms with Gasteiger partial charge < -0.3 is 14.6 Å². The Hall–Kier alpha value is -2.40. The van der Waals surface area contributed by atoms with Crippen LogP contribution in [-0.4, -0.2) is 36.4 Å². The number of rotatable bonds is 55. The Kier molecular flexibility index (Phi) is 56.8. The first-order valence-electron chi connectivity index (χ1n) is 29.8. The number of carbonyl (C=O) groups is 2. The minimum Gasteiger partial charge on any atom is -0.462 e. The molecule has 0 rings (SSSR count). The number of aliphatic hydroxyl groups excluding tert-OH is 1. The van der Waals surface area contributed by atoms with E-state index in [0.29, 0.717) is 12.8 Å². The van der Waals surface area contributed by atoms with Gasteiger partial charge in [-0.2, -0.15) is 0 Å². The molecule has 5 nitrogen and oxygen atoms in total. The van der Waals surface area contributed by atoms with E-state index in [9.17, 15) is 14.7 Å². The number of esters is 2. The van der Waals surface area contributed by atoms with Gasteiger partial charge >= 0.3 is 11.9 Å². The maximum absolute atomic E-state index is 12.3. The molecule has 1 N–H and O–H groups in total. The molecule has 0 radical (unpaired) electrons. The first-order chi connectivity index (χ1) is 33.6. The highest BCUT2D eigenvalue weighted by Gasteiger charge is 2.16. The zero-order valence-electron chi connectivity index (χ0n) is 45.4. The molecule has 0 aromatic carbocycles. The van der Waals surface area contributed by atoms with Crippen molar-refractivity contribution in [2.45, 2.75) is 315 Å². The molecule has 0 bridgehead atoms. The van der Waals surface area contributed by atoms with Crippen LogP contribution >= 0.6 is 0 Å². The normalized spacial score (nSPS) is 12.6. The van der Waals surface area contributed by atoms with Gasteiger partial charge in [0.25, 0.3) is 0 Å². The van der Waals surface area contributed by atoms with Gasteiger partial charge in [0.1, 0.15) is 6.61 Å². The number of carbonyl (C=O) groups excluding carboxylic acids is 2. The van der Waals surface area contributed by atoms with E-state index in [1.165, 1.54) is 218 Å².